The number of carbonyl (C=O) groups excluding carboxylic acids is 1. The number of urea groups is 1. The van der Waals surface area contributed by atoms with Gasteiger partial charge in [0.25, 0.3) is 10.0 Å². The quantitative estimate of drug-likeness (QED) is 0.172. The minimum atomic E-state index is -3.83. The summed E-state index contributed by atoms with van der Waals surface area (Å²) in [7, 11) is -3.83. The van der Waals surface area contributed by atoms with Gasteiger partial charge in [0, 0.05) is 34.9 Å². The van der Waals surface area contributed by atoms with Gasteiger partial charge < -0.3 is 16.4 Å². The molecule has 0 saturated heterocycles. The van der Waals surface area contributed by atoms with Gasteiger partial charge in [0.05, 0.1) is 32.9 Å². The molecular weight excluding hydrogens is 583 g/mol. The van der Waals surface area contributed by atoms with Crippen molar-refractivity contribution in [1.82, 2.24) is 15.3 Å². The third-order valence-electron chi connectivity index (χ3n) is 6.05. The molecule has 4 aromatic rings. The van der Waals surface area contributed by atoms with Gasteiger partial charge in [-0.15, -0.1) is 0 Å². The zero-order valence-electron chi connectivity index (χ0n) is 22.7. The molecule has 41 heavy (non-hydrogen) atoms. The molecule has 12 heteroatoms. The molecule has 1 atom stereocenters. The Kier molecular flexibility index (Phi) is 9.18. The first kappa shape index (κ1) is 30.3. The van der Waals surface area contributed by atoms with E-state index < -0.39 is 22.1 Å². The predicted octanol–water partition coefficient (Wildman–Crippen LogP) is 6.41. The van der Waals surface area contributed by atoms with Crippen LogP contribution in [0.5, 0.6) is 0 Å². The molecule has 1 aromatic heterocycles. The summed E-state index contributed by atoms with van der Waals surface area (Å²) >= 11 is 13.0. The molecule has 1 heterocycles. The van der Waals surface area contributed by atoms with E-state index in [1.807, 2.05) is 26.0 Å². The van der Waals surface area contributed by atoms with Crippen molar-refractivity contribution in [1.29, 1.82) is 0 Å². The highest BCUT2D eigenvalue weighted by atomic mass is 35.5. The van der Waals surface area contributed by atoms with Crippen LogP contribution in [-0.4, -0.2) is 30.0 Å². The molecule has 9 nitrogen and oxygen atoms in total. The molecule has 0 aliphatic rings. The smallest absolute Gasteiger partial charge is 0.319 e. The first-order chi connectivity index (χ1) is 19.3. The number of nitrogens with two attached hydrogens (primary N) is 1. The molecule has 0 radical (unpaired) electrons. The topological polar surface area (TPSA) is 139 Å². The standard InChI is InChI=1S/C29H30Cl2N6O3S/c1-18(23-12-13-24(27(31)26(23)30)25-17-33-14-15-34-25)35-28(38)36-20-8-10-22(11-9-20)41(39,40)37-21-6-4-19(5-7-21)16-29(2,3)32/h4-15,17-18,37H,16,32H2,1-3H3,(H2,35,36,38). The summed E-state index contributed by atoms with van der Waals surface area (Å²) in [6.45, 7) is 5.63. The van der Waals surface area contributed by atoms with Gasteiger partial charge in [0.2, 0.25) is 0 Å². The van der Waals surface area contributed by atoms with Crippen molar-refractivity contribution in [3.63, 3.8) is 0 Å². The van der Waals surface area contributed by atoms with E-state index in [4.69, 9.17) is 28.9 Å². The molecule has 4 rings (SSSR count). The summed E-state index contributed by atoms with van der Waals surface area (Å²) in [6, 6.07) is 15.5. The van der Waals surface area contributed by atoms with Crippen LogP contribution in [0.4, 0.5) is 16.2 Å². The van der Waals surface area contributed by atoms with Crippen LogP contribution < -0.4 is 21.1 Å². The van der Waals surface area contributed by atoms with Crippen molar-refractivity contribution in [3.8, 4) is 11.3 Å². The summed E-state index contributed by atoms with van der Waals surface area (Å²) in [5.74, 6) is 0. The van der Waals surface area contributed by atoms with Crippen LogP contribution in [0, 0.1) is 0 Å². The highest BCUT2D eigenvalue weighted by molar-refractivity contribution is 7.92. The number of carbonyl (C=O) groups is 1. The molecular formula is C29H30Cl2N6O3S. The first-order valence-corrected chi connectivity index (χ1v) is 14.9. The van der Waals surface area contributed by atoms with Gasteiger partial charge in [-0.25, -0.2) is 13.2 Å². The highest BCUT2D eigenvalue weighted by Crippen LogP contribution is 2.37. The van der Waals surface area contributed by atoms with Crippen molar-refractivity contribution < 1.29 is 13.2 Å². The van der Waals surface area contributed by atoms with Gasteiger partial charge in [-0.2, -0.15) is 0 Å². The van der Waals surface area contributed by atoms with Crippen molar-refractivity contribution in [2.75, 3.05) is 10.0 Å². The van der Waals surface area contributed by atoms with E-state index in [1.165, 1.54) is 24.3 Å². The maximum atomic E-state index is 12.9. The van der Waals surface area contributed by atoms with E-state index in [1.54, 1.807) is 49.8 Å². The second-order valence-corrected chi connectivity index (χ2v) is 12.7. The third-order valence-corrected chi connectivity index (χ3v) is 8.35. The van der Waals surface area contributed by atoms with Gasteiger partial charge in [-0.1, -0.05) is 47.5 Å². The number of nitrogens with one attached hydrogen (secondary N) is 3. The van der Waals surface area contributed by atoms with Gasteiger partial charge in [-0.05, 0) is 74.7 Å². The van der Waals surface area contributed by atoms with Crippen LogP contribution in [0.15, 0.2) is 84.1 Å². The summed E-state index contributed by atoms with van der Waals surface area (Å²) in [5.41, 5.74) is 9.36. The molecule has 0 aliphatic carbocycles. The lowest BCUT2D eigenvalue weighted by Gasteiger charge is -2.18. The molecule has 0 fully saturated rings. The van der Waals surface area contributed by atoms with Gasteiger partial charge >= 0.3 is 6.03 Å². The Labute approximate surface area is 249 Å². The number of sulfonamides is 1. The number of benzene rings is 3. The number of amides is 2. The normalized spacial score (nSPS) is 12.4. The maximum absolute atomic E-state index is 12.9. The zero-order chi connectivity index (χ0) is 29.8. The average Bonchev–Trinajstić information content (AvgIpc) is 2.91. The van der Waals surface area contributed by atoms with Crippen molar-refractivity contribution in [2.45, 2.75) is 43.7 Å². The van der Waals surface area contributed by atoms with Gasteiger partial charge in [0.15, 0.2) is 0 Å². The Hall–Kier alpha value is -3.70. The zero-order valence-corrected chi connectivity index (χ0v) is 25.0. The largest absolute Gasteiger partial charge is 0.331 e. The Bertz CT molecular complexity index is 1630. The van der Waals surface area contributed by atoms with Gasteiger partial charge in [0.1, 0.15) is 0 Å². The van der Waals surface area contributed by atoms with Crippen molar-refractivity contribution in [3.05, 3.63) is 100 Å². The molecule has 0 aliphatic heterocycles. The second kappa shape index (κ2) is 12.4. The van der Waals surface area contributed by atoms with Crippen LogP contribution in [0.25, 0.3) is 11.3 Å². The summed E-state index contributed by atoms with van der Waals surface area (Å²) in [4.78, 5) is 21.0. The molecule has 1 unspecified atom stereocenters. The van der Waals surface area contributed by atoms with Gasteiger partial charge in [-0.3, -0.25) is 14.7 Å². The molecule has 0 bridgehead atoms. The molecule has 0 saturated carbocycles. The van der Waals surface area contributed by atoms with Crippen LogP contribution >= 0.6 is 23.2 Å². The molecule has 2 amide bonds. The van der Waals surface area contributed by atoms with E-state index in [0.29, 0.717) is 44.7 Å². The van der Waals surface area contributed by atoms with E-state index in [2.05, 4.69) is 25.3 Å². The van der Waals surface area contributed by atoms with E-state index in [9.17, 15) is 13.2 Å². The Morgan fingerprint density at radius 2 is 1.61 bits per heavy atom. The van der Waals surface area contributed by atoms with E-state index in [-0.39, 0.29) is 10.4 Å². The molecule has 5 N–H and O–H groups in total. The fourth-order valence-corrected chi connectivity index (χ4v) is 5.78. The highest BCUT2D eigenvalue weighted by Gasteiger charge is 2.19. The number of hydrogen-bond acceptors (Lipinski definition) is 6. The number of rotatable bonds is 9. The SMILES string of the molecule is CC(NC(=O)Nc1ccc(S(=O)(=O)Nc2ccc(CC(C)(C)N)cc2)cc1)c1ccc(-c2cnccn2)c(Cl)c1Cl. The predicted molar refractivity (Wildman–Crippen MR) is 164 cm³/mol. The lowest BCUT2D eigenvalue weighted by Crippen LogP contribution is -2.34. The average molecular weight is 614 g/mol. The summed E-state index contributed by atoms with van der Waals surface area (Å²) in [6.07, 6.45) is 5.37. The number of anilines is 2. The Morgan fingerprint density at radius 3 is 2.22 bits per heavy atom. The summed E-state index contributed by atoms with van der Waals surface area (Å²) < 4.78 is 28.3. The number of nitrogens with zero attached hydrogens (tertiary/aromatic N) is 2. The lowest BCUT2D eigenvalue weighted by atomic mass is 9.96. The van der Waals surface area contributed by atoms with Crippen LogP contribution in [0.2, 0.25) is 10.0 Å². The van der Waals surface area contributed by atoms with Crippen molar-refractivity contribution >= 4 is 50.6 Å². The molecule has 0 spiro atoms. The van der Waals surface area contributed by atoms with Crippen LogP contribution in [-0.2, 0) is 16.4 Å². The molecule has 214 valence electrons. The second-order valence-electron chi connectivity index (χ2n) is 10.2. The molecule has 3 aromatic carbocycles. The van der Waals surface area contributed by atoms with Crippen LogP contribution in [0.1, 0.15) is 37.9 Å². The fourth-order valence-electron chi connectivity index (χ4n) is 4.12. The van der Waals surface area contributed by atoms with E-state index >= 15 is 0 Å². The Morgan fingerprint density at radius 1 is 0.951 bits per heavy atom. The Balaban J connectivity index is 1.37. The number of aromatic nitrogens is 2. The number of halogens is 2. The van der Waals surface area contributed by atoms with E-state index in [0.717, 1.165) is 5.56 Å². The lowest BCUT2D eigenvalue weighted by molar-refractivity contribution is 0.249. The minimum Gasteiger partial charge on any atom is -0.331 e. The van der Waals surface area contributed by atoms with Crippen LogP contribution in [0.3, 0.4) is 0 Å². The fraction of sp³-hybridized carbons (Fsp3) is 0.207. The third kappa shape index (κ3) is 7.95. The number of hydrogen-bond donors (Lipinski definition) is 4. The minimum absolute atomic E-state index is 0.0496. The maximum Gasteiger partial charge on any atom is 0.319 e. The monoisotopic (exact) mass is 612 g/mol. The van der Waals surface area contributed by atoms with Crippen molar-refractivity contribution in [2.24, 2.45) is 5.73 Å². The first-order valence-electron chi connectivity index (χ1n) is 12.6. The summed E-state index contributed by atoms with van der Waals surface area (Å²) in [5, 5.41) is 6.10.